The number of ketones is 1. The lowest BCUT2D eigenvalue weighted by molar-refractivity contribution is -0.145. The van der Waals surface area contributed by atoms with Crippen LogP contribution in [-0.2, 0) is 21.4 Å². The average molecular weight is 427 g/mol. The third-order valence-corrected chi connectivity index (χ3v) is 6.77. The molecule has 1 saturated heterocycles. The Bertz CT molecular complexity index is 960. The van der Waals surface area contributed by atoms with Gasteiger partial charge >= 0.3 is 11.1 Å². The summed E-state index contributed by atoms with van der Waals surface area (Å²) in [6, 6.07) is 0. The van der Waals surface area contributed by atoms with Crippen molar-refractivity contribution in [2.24, 2.45) is 12.5 Å². The van der Waals surface area contributed by atoms with E-state index in [9.17, 15) is 19.2 Å². The highest BCUT2D eigenvalue weighted by Gasteiger charge is 2.44. The van der Waals surface area contributed by atoms with Crippen molar-refractivity contribution in [1.82, 2.24) is 19.7 Å². The summed E-state index contributed by atoms with van der Waals surface area (Å²) >= 11 is 2.89. The predicted molar refractivity (Wildman–Crippen MR) is 106 cm³/mol. The first-order valence-electron chi connectivity index (χ1n) is 8.70. The maximum Gasteiger partial charge on any atom is 0.339 e. The number of Topliss-reactive ketones (excluding diaryl/α,β-unsaturated/α-hetero) is 1. The van der Waals surface area contributed by atoms with Gasteiger partial charge in [-0.2, -0.15) is 4.98 Å². The van der Waals surface area contributed by atoms with E-state index in [-0.39, 0.29) is 23.7 Å². The first-order chi connectivity index (χ1) is 13.1. The lowest BCUT2D eigenvalue weighted by atomic mass is 9.91. The number of H-pyrrole nitrogens is 1. The molecule has 0 spiro atoms. The molecule has 1 N–H and O–H groups in total. The van der Waals surface area contributed by atoms with Gasteiger partial charge in [-0.05, 0) is 0 Å². The van der Waals surface area contributed by atoms with E-state index in [0.29, 0.717) is 29.0 Å². The predicted octanol–water partition coefficient (Wildman–Crippen LogP) is 0.709. The Morgan fingerprint density at radius 2 is 2.07 bits per heavy atom. The molecule has 1 fully saturated rings. The van der Waals surface area contributed by atoms with Crippen molar-refractivity contribution in [3.05, 3.63) is 32.2 Å². The molecule has 0 bridgehead atoms. The summed E-state index contributed by atoms with van der Waals surface area (Å²) < 4.78 is 7.19. The Labute approximate surface area is 169 Å². The number of fused-ring (bicyclic) bond motifs is 1. The number of carbonyl (C=O) groups is 2. The molecule has 28 heavy (non-hydrogen) atoms. The summed E-state index contributed by atoms with van der Waals surface area (Å²) in [4.78, 5) is 52.5. The molecule has 0 radical (unpaired) electrons. The van der Waals surface area contributed by atoms with Crippen molar-refractivity contribution in [2.45, 2.75) is 37.7 Å². The van der Waals surface area contributed by atoms with Crippen LogP contribution in [0.3, 0.4) is 0 Å². The minimum Gasteiger partial charge on any atom is -0.471 e. The number of rotatable bonds is 6. The zero-order valence-electron chi connectivity index (χ0n) is 16.1. The highest BCUT2D eigenvalue weighted by atomic mass is 32.2. The van der Waals surface area contributed by atoms with Crippen LogP contribution in [0.2, 0.25) is 0 Å². The molecule has 0 saturated carbocycles. The number of amides is 1. The van der Waals surface area contributed by atoms with E-state index in [1.54, 1.807) is 23.7 Å². The summed E-state index contributed by atoms with van der Waals surface area (Å²) in [7, 11) is 1.59. The number of thioether (sulfide) groups is 2. The van der Waals surface area contributed by atoms with Gasteiger partial charge in [-0.1, -0.05) is 32.5 Å². The first-order valence-corrected chi connectivity index (χ1v) is 10.7. The fourth-order valence-electron chi connectivity index (χ4n) is 2.56. The third-order valence-electron chi connectivity index (χ3n) is 4.38. The van der Waals surface area contributed by atoms with Crippen LogP contribution in [0.15, 0.2) is 26.2 Å². The first kappa shape index (κ1) is 20.7. The van der Waals surface area contributed by atoms with Gasteiger partial charge in [0.05, 0.1) is 11.8 Å². The molecular formula is C17H22N4O5S2. The van der Waals surface area contributed by atoms with Crippen LogP contribution >= 0.6 is 23.5 Å². The van der Waals surface area contributed by atoms with Gasteiger partial charge in [-0.25, -0.2) is 0 Å². The number of nitrogens with zero attached hydrogens (tertiary/aromatic N) is 3. The fourth-order valence-corrected chi connectivity index (χ4v) is 4.85. The van der Waals surface area contributed by atoms with E-state index >= 15 is 0 Å². The number of aryl methyl sites for hydroxylation is 1. The van der Waals surface area contributed by atoms with Crippen molar-refractivity contribution in [1.29, 1.82) is 0 Å². The van der Waals surface area contributed by atoms with Crippen LogP contribution in [-0.4, -0.2) is 54.8 Å². The number of aromatic amines is 1. The monoisotopic (exact) mass is 426 g/mol. The number of hydrogen-bond acceptors (Lipinski definition) is 8. The number of ether oxygens (including phenoxy) is 1. The number of carbonyl (C=O) groups excluding carboxylic acids is 2. The van der Waals surface area contributed by atoms with Crippen molar-refractivity contribution in [3.8, 4) is 0 Å². The Hall–Kier alpha value is -2.01. The maximum atomic E-state index is 12.3. The van der Waals surface area contributed by atoms with E-state index in [2.05, 4.69) is 10.1 Å². The van der Waals surface area contributed by atoms with Gasteiger partial charge in [0.25, 0.3) is 0 Å². The molecule has 3 heterocycles. The molecular weight excluding hydrogens is 404 g/mol. The Morgan fingerprint density at radius 3 is 2.71 bits per heavy atom. The quantitative estimate of drug-likeness (QED) is 0.402. The second-order valence-corrected chi connectivity index (χ2v) is 9.70. The molecule has 3 rings (SSSR count). The van der Waals surface area contributed by atoms with E-state index in [1.807, 2.05) is 20.8 Å². The SMILES string of the molecule is Cn1[nH]c(=O)c(=O)nc1SCC1=C(OCC(=O)C(C)(C)C)N2C(=O)C[C@@H]2SC1. The standard InChI is InChI=1S/C17H22N4O5S2/c1-17(2,3)10(22)6-26-15-9(7-27-12-5-11(23)21(12)15)8-28-16-18-13(24)14(25)19-20(16)4/h12H,5-8H2,1-4H3,(H,19,25)/t12-/m0/s1. The molecule has 11 heteroatoms. The van der Waals surface area contributed by atoms with Crippen LogP contribution in [0, 0.1) is 5.41 Å². The topological polar surface area (TPSA) is 114 Å². The van der Waals surface area contributed by atoms with Crippen molar-refractivity contribution in [2.75, 3.05) is 18.1 Å². The average Bonchev–Trinajstić information content (AvgIpc) is 2.60. The Kier molecular flexibility index (Phi) is 5.76. The van der Waals surface area contributed by atoms with Gasteiger partial charge in [-0.15, -0.1) is 11.8 Å². The van der Waals surface area contributed by atoms with Crippen LogP contribution in [0.5, 0.6) is 0 Å². The van der Waals surface area contributed by atoms with Crippen LogP contribution in [0.25, 0.3) is 0 Å². The molecule has 152 valence electrons. The Morgan fingerprint density at radius 1 is 1.36 bits per heavy atom. The summed E-state index contributed by atoms with van der Waals surface area (Å²) in [6.45, 7) is 5.35. The maximum absolute atomic E-state index is 12.3. The largest absolute Gasteiger partial charge is 0.471 e. The van der Waals surface area contributed by atoms with E-state index in [0.717, 1.165) is 5.57 Å². The summed E-state index contributed by atoms with van der Waals surface area (Å²) in [5.74, 6) is 1.40. The van der Waals surface area contributed by atoms with Gasteiger partial charge in [0.15, 0.2) is 16.8 Å². The Balaban J connectivity index is 1.81. The van der Waals surface area contributed by atoms with Crippen molar-refractivity contribution in [3.63, 3.8) is 0 Å². The van der Waals surface area contributed by atoms with E-state index in [4.69, 9.17) is 4.74 Å². The number of hydrogen-bond donors (Lipinski definition) is 1. The highest BCUT2D eigenvalue weighted by molar-refractivity contribution is 8.00. The molecule has 2 aliphatic heterocycles. The normalized spacial score (nSPS) is 19.4. The van der Waals surface area contributed by atoms with Crippen LogP contribution in [0.4, 0.5) is 0 Å². The number of aromatic nitrogens is 3. The molecule has 0 aliphatic carbocycles. The molecule has 0 unspecified atom stereocenters. The lowest BCUT2D eigenvalue weighted by Gasteiger charge is -2.44. The van der Waals surface area contributed by atoms with Crippen molar-refractivity contribution >= 4 is 35.2 Å². The molecule has 9 nitrogen and oxygen atoms in total. The highest BCUT2D eigenvalue weighted by Crippen LogP contribution is 2.41. The van der Waals surface area contributed by atoms with Gasteiger partial charge in [-0.3, -0.25) is 33.9 Å². The molecule has 1 atom stereocenters. The fraction of sp³-hybridized carbons (Fsp3) is 0.588. The number of β-lactam (4-membered cyclic amide) rings is 1. The summed E-state index contributed by atoms with van der Waals surface area (Å²) in [6.07, 6.45) is 0.459. The smallest absolute Gasteiger partial charge is 0.339 e. The zero-order chi connectivity index (χ0) is 20.6. The minimum atomic E-state index is -0.849. The van der Waals surface area contributed by atoms with Crippen LogP contribution < -0.4 is 11.1 Å². The molecule has 1 aromatic heterocycles. The summed E-state index contributed by atoms with van der Waals surface area (Å²) in [5.41, 5.74) is -1.31. The number of nitrogens with one attached hydrogen (secondary N) is 1. The molecule has 1 amide bonds. The molecule has 0 aromatic carbocycles. The second-order valence-electron chi connectivity index (χ2n) is 7.59. The summed E-state index contributed by atoms with van der Waals surface area (Å²) in [5, 5.41) is 2.79. The second kappa shape index (κ2) is 7.78. The van der Waals surface area contributed by atoms with Crippen LogP contribution in [0.1, 0.15) is 27.2 Å². The minimum absolute atomic E-state index is 0.0347. The van der Waals surface area contributed by atoms with E-state index in [1.165, 1.54) is 16.4 Å². The van der Waals surface area contributed by atoms with E-state index < -0.39 is 16.5 Å². The molecule has 1 aromatic rings. The van der Waals surface area contributed by atoms with Gasteiger partial charge in [0.2, 0.25) is 5.91 Å². The lowest BCUT2D eigenvalue weighted by Crippen LogP contribution is -2.53. The van der Waals surface area contributed by atoms with Gasteiger partial charge in [0.1, 0.15) is 6.61 Å². The van der Waals surface area contributed by atoms with Gasteiger partial charge < -0.3 is 4.74 Å². The zero-order valence-corrected chi connectivity index (χ0v) is 17.7. The molecule has 2 aliphatic rings. The van der Waals surface area contributed by atoms with Gasteiger partial charge in [0, 0.05) is 29.5 Å². The third kappa shape index (κ3) is 4.19. The van der Waals surface area contributed by atoms with Crippen molar-refractivity contribution < 1.29 is 14.3 Å².